The number of nitrogens with zero attached hydrogens (tertiary/aromatic N) is 6. The lowest BCUT2D eigenvalue weighted by Gasteiger charge is -2.16. The van der Waals surface area contributed by atoms with Crippen molar-refractivity contribution in [3.8, 4) is 6.07 Å². The topological polar surface area (TPSA) is 99.2 Å². The number of likely N-dealkylation sites (tertiary alicyclic amines) is 1. The fraction of sp³-hybridized carbons (Fsp3) is 0.471. The average Bonchev–Trinajstić information content (AvgIpc) is 3.21. The maximum Gasteiger partial charge on any atom is 0.236 e. The lowest BCUT2D eigenvalue weighted by Crippen LogP contribution is -2.28. The van der Waals surface area contributed by atoms with E-state index in [1.54, 1.807) is 17.3 Å². The zero-order chi connectivity index (χ0) is 17.8. The molecule has 1 aromatic rings. The number of amides is 1. The van der Waals surface area contributed by atoms with Gasteiger partial charge in [-0.25, -0.2) is 4.99 Å². The van der Waals surface area contributed by atoms with E-state index >= 15 is 0 Å². The van der Waals surface area contributed by atoms with Gasteiger partial charge in [0.25, 0.3) is 0 Å². The van der Waals surface area contributed by atoms with Crippen molar-refractivity contribution in [1.29, 1.82) is 5.26 Å². The van der Waals surface area contributed by atoms with Gasteiger partial charge in [-0.3, -0.25) is 4.79 Å². The Labute approximate surface area is 146 Å². The highest BCUT2D eigenvalue weighted by Gasteiger charge is 2.38. The van der Waals surface area contributed by atoms with Gasteiger partial charge in [0.05, 0.1) is 12.3 Å². The van der Waals surface area contributed by atoms with Crippen molar-refractivity contribution in [3.63, 3.8) is 0 Å². The van der Waals surface area contributed by atoms with Crippen LogP contribution in [0, 0.1) is 17.2 Å². The molecule has 0 aromatic carbocycles. The molecular formula is C17H21N7O. The number of carbonyl (C=O) groups is 1. The summed E-state index contributed by atoms with van der Waals surface area (Å²) in [4.78, 5) is 18.1. The first kappa shape index (κ1) is 16.9. The zero-order valence-electron chi connectivity index (χ0n) is 14.2. The highest BCUT2D eigenvalue weighted by Crippen LogP contribution is 2.34. The summed E-state index contributed by atoms with van der Waals surface area (Å²) in [5, 5.41) is 20.4. The van der Waals surface area contributed by atoms with Crippen LogP contribution >= 0.6 is 0 Å². The van der Waals surface area contributed by atoms with Gasteiger partial charge in [0.15, 0.2) is 5.82 Å². The molecule has 0 saturated carbocycles. The van der Waals surface area contributed by atoms with Gasteiger partial charge in [0, 0.05) is 31.8 Å². The zero-order valence-corrected chi connectivity index (χ0v) is 14.2. The fourth-order valence-corrected chi connectivity index (χ4v) is 3.33. The van der Waals surface area contributed by atoms with Crippen LogP contribution in [0.1, 0.15) is 37.3 Å². The number of rotatable bonds is 3. The lowest BCUT2D eigenvalue weighted by atomic mass is 9.93. The van der Waals surface area contributed by atoms with Crippen molar-refractivity contribution in [1.82, 2.24) is 25.0 Å². The molecule has 0 bridgehead atoms. The van der Waals surface area contributed by atoms with Crippen molar-refractivity contribution < 1.29 is 4.79 Å². The fourth-order valence-electron chi connectivity index (χ4n) is 3.33. The Kier molecular flexibility index (Phi) is 4.93. The van der Waals surface area contributed by atoms with E-state index in [9.17, 15) is 4.79 Å². The molecule has 8 heteroatoms. The van der Waals surface area contributed by atoms with E-state index in [1.807, 2.05) is 16.7 Å². The SMILES string of the molecule is C=C1/N=C\c2nnc([C@H]3CN(C(=O)CC#N)C[C@H]3CC)n2C/C=C\N1. The third-order valence-electron chi connectivity index (χ3n) is 4.68. The molecule has 1 amide bonds. The number of nitriles is 1. The van der Waals surface area contributed by atoms with Gasteiger partial charge in [-0.1, -0.05) is 19.9 Å². The van der Waals surface area contributed by atoms with E-state index < -0.39 is 0 Å². The summed E-state index contributed by atoms with van der Waals surface area (Å²) >= 11 is 0. The molecule has 0 unspecified atom stereocenters. The monoisotopic (exact) mass is 339 g/mol. The van der Waals surface area contributed by atoms with Gasteiger partial charge in [-0.15, -0.1) is 10.2 Å². The second-order valence-electron chi connectivity index (χ2n) is 6.19. The Hall–Kier alpha value is -2.95. The van der Waals surface area contributed by atoms with E-state index in [0.29, 0.717) is 37.2 Å². The van der Waals surface area contributed by atoms with Crippen LogP contribution in [0.15, 0.2) is 29.7 Å². The molecule has 1 saturated heterocycles. The minimum absolute atomic E-state index is 0.0791. The Morgan fingerprint density at radius 1 is 1.48 bits per heavy atom. The predicted molar refractivity (Wildman–Crippen MR) is 92.4 cm³/mol. The van der Waals surface area contributed by atoms with Gasteiger partial charge >= 0.3 is 0 Å². The van der Waals surface area contributed by atoms with E-state index in [1.165, 1.54) is 0 Å². The Morgan fingerprint density at radius 2 is 2.32 bits per heavy atom. The standard InChI is InChI=1S/C17H21N7O/c1-3-13-10-23(16(25)5-6-18)11-14(13)17-22-21-15-9-20-12(2)19-7-4-8-24(15)17/h4,7,9,13-14,19H,2-3,5,8,10-11H2,1H3/b7-4-,20-9-/t13-,14+/m1/s1. The first-order valence-electron chi connectivity index (χ1n) is 8.36. The van der Waals surface area contributed by atoms with Crippen molar-refractivity contribution in [2.24, 2.45) is 10.9 Å². The van der Waals surface area contributed by atoms with Crippen LogP contribution in [0.5, 0.6) is 0 Å². The van der Waals surface area contributed by atoms with Gasteiger partial charge in [-0.05, 0) is 12.0 Å². The number of aliphatic imine (C=N–C) groups is 1. The largest absolute Gasteiger partial charge is 0.347 e. The molecule has 0 spiro atoms. The summed E-state index contributed by atoms with van der Waals surface area (Å²) in [7, 11) is 0. The summed E-state index contributed by atoms with van der Waals surface area (Å²) in [6.07, 6.45) is 6.26. The van der Waals surface area contributed by atoms with Crippen molar-refractivity contribution in [2.45, 2.75) is 32.2 Å². The van der Waals surface area contributed by atoms with Crippen LogP contribution in [0.2, 0.25) is 0 Å². The maximum absolute atomic E-state index is 12.1. The van der Waals surface area contributed by atoms with E-state index in [2.05, 4.69) is 34.0 Å². The average molecular weight is 339 g/mol. The second kappa shape index (κ2) is 7.30. The molecule has 0 aliphatic carbocycles. The van der Waals surface area contributed by atoms with E-state index in [4.69, 9.17) is 5.26 Å². The van der Waals surface area contributed by atoms with E-state index in [-0.39, 0.29) is 18.2 Å². The molecule has 25 heavy (non-hydrogen) atoms. The van der Waals surface area contributed by atoms with Crippen LogP contribution in [0.25, 0.3) is 0 Å². The van der Waals surface area contributed by atoms with Gasteiger partial charge in [0.1, 0.15) is 18.1 Å². The number of nitrogens with one attached hydrogen (secondary N) is 1. The van der Waals surface area contributed by atoms with Crippen LogP contribution in [0.3, 0.4) is 0 Å². The number of hydrogen-bond donors (Lipinski definition) is 1. The van der Waals surface area contributed by atoms with Gasteiger partial charge in [-0.2, -0.15) is 5.26 Å². The molecule has 3 heterocycles. The summed E-state index contributed by atoms with van der Waals surface area (Å²) in [6.45, 7) is 7.76. The number of allylic oxidation sites excluding steroid dienone is 1. The molecule has 1 aromatic heterocycles. The Morgan fingerprint density at radius 3 is 3.08 bits per heavy atom. The molecule has 2 aliphatic rings. The van der Waals surface area contributed by atoms with Crippen LogP contribution < -0.4 is 5.32 Å². The summed E-state index contributed by atoms with van der Waals surface area (Å²) in [5.74, 6) is 2.36. The number of carbonyl (C=O) groups excluding carboxylic acids is 1. The number of aromatic nitrogens is 3. The Bertz CT molecular complexity index is 770. The summed E-state index contributed by atoms with van der Waals surface area (Å²) in [6, 6.07) is 1.94. The predicted octanol–water partition coefficient (Wildman–Crippen LogP) is 1.15. The smallest absolute Gasteiger partial charge is 0.236 e. The normalized spacial score (nSPS) is 25.1. The minimum Gasteiger partial charge on any atom is -0.347 e. The lowest BCUT2D eigenvalue weighted by molar-refractivity contribution is -0.129. The summed E-state index contributed by atoms with van der Waals surface area (Å²) < 4.78 is 2.02. The third-order valence-corrected chi connectivity index (χ3v) is 4.68. The second-order valence-corrected chi connectivity index (χ2v) is 6.19. The van der Waals surface area contributed by atoms with Crippen molar-refractivity contribution in [2.75, 3.05) is 13.1 Å². The van der Waals surface area contributed by atoms with Crippen molar-refractivity contribution in [3.05, 3.63) is 36.3 Å². The minimum atomic E-state index is -0.116. The first-order chi connectivity index (χ1) is 12.1. The molecule has 130 valence electrons. The molecule has 2 aliphatic heterocycles. The van der Waals surface area contributed by atoms with Gasteiger partial charge < -0.3 is 14.8 Å². The Balaban J connectivity index is 1.90. The maximum atomic E-state index is 12.1. The van der Waals surface area contributed by atoms with Crippen LogP contribution in [0.4, 0.5) is 0 Å². The number of hydrogen-bond acceptors (Lipinski definition) is 6. The van der Waals surface area contributed by atoms with Crippen LogP contribution in [-0.4, -0.2) is 44.9 Å². The van der Waals surface area contributed by atoms with Gasteiger partial charge in [0.2, 0.25) is 5.91 Å². The molecule has 0 radical (unpaired) electrons. The molecule has 1 N–H and O–H groups in total. The molecule has 3 rings (SSSR count). The number of fused-ring (bicyclic) bond motifs is 1. The molecular weight excluding hydrogens is 318 g/mol. The van der Waals surface area contributed by atoms with Crippen LogP contribution in [-0.2, 0) is 11.3 Å². The first-order valence-corrected chi connectivity index (χ1v) is 8.36. The molecule has 2 atom stereocenters. The molecule has 1 fully saturated rings. The molecule has 8 nitrogen and oxygen atoms in total. The van der Waals surface area contributed by atoms with Crippen molar-refractivity contribution >= 4 is 12.1 Å². The highest BCUT2D eigenvalue weighted by atomic mass is 16.2. The third kappa shape index (κ3) is 3.45. The quantitative estimate of drug-likeness (QED) is 0.890. The van der Waals surface area contributed by atoms with E-state index in [0.717, 1.165) is 12.2 Å². The summed E-state index contributed by atoms with van der Waals surface area (Å²) in [5.41, 5.74) is 0. The highest BCUT2D eigenvalue weighted by molar-refractivity contribution is 5.78.